The van der Waals surface area contributed by atoms with Crippen molar-refractivity contribution in [2.75, 3.05) is 11.9 Å². The molecule has 0 atom stereocenters. The molecule has 3 heterocycles. The van der Waals surface area contributed by atoms with Gasteiger partial charge in [-0.1, -0.05) is 0 Å². The Morgan fingerprint density at radius 2 is 1.83 bits per heavy atom. The molecule has 1 aromatic carbocycles. The average Bonchev–Trinajstić information content (AvgIpc) is 3.12. The number of hydrogen-bond donors (Lipinski definition) is 4. The van der Waals surface area contributed by atoms with Gasteiger partial charge in [0.05, 0.1) is 12.2 Å². The third kappa shape index (κ3) is 4.22. The van der Waals surface area contributed by atoms with Gasteiger partial charge in [0.2, 0.25) is 5.91 Å². The predicted octanol–water partition coefficient (Wildman–Crippen LogP) is 3.07. The van der Waals surface area contributed by atoms with Gasteiger partial charge in [-0.15, -0.1) is 0 Å². The Morgan fingerprint density at radius 1 is 1.10 bits per heavy atom. The minimum Gasteiger partial charge on any atom is -0.437 e. The number of carbonyl (C=O) groups excluding carboxylic acids is 1. The van der Waals surface area contributed by atoms with Crippen molar-refractivity contribution in [1.29, 1.82) is 0 Å². The lowest BCUT2D eigenvalue weighted by molar-refractivity contribution is -0.115. The van der Waals surface area contributed by atoms with Crippen molar-refractivity contribution in [3.05, 3.63) is 66.7 Å². The van der Waals surface area contributed by atoms with E-state index >= 15 is 0 Å². The molecule has 3 aromatic heterocycles. The van der Waals surface area contributed by atoms with Crippen LogP contribution in [0.25, 0.3) is 33.4 Å². The summed E-state index contributed by atoms with van der Waals surface area (Å²) in [5.74, 6) is -0.246. The minimum atomic E-state index is -0.782. The Labute approximate surface area is 172 Å². The van der Waals surface area contributed by atoms with E-state index in [4.69, 9.17) is 0 Å². The Hall–Kier alpha value is -3.56. The summed E-state index contributed by atoms with van der Waals surface area (Å²) >= 11 is 0. The number of nitrogens with one attached hydrogen (secondary N) is 3. The molecule has 9 heteroatoms. The molecule has 0 unspecified atom stereocenters. The van der Waals surface area contributed by atoms with Crippen LogP contribution >= 0.6 is 0 Å². The number of aromatic nitrogens is 3. The second kappa shape index (κ2) is 8.44. The Balaban J connectivity index is 1.76. The number of pyridine rings is 2. The highest BCUT2D eigenvalue weighted by molar-refractivity contribution is 6.45. The zero-order valence-corrected chi connectivity index (χ0v) is 16.2. The van der Waals surface area contributed by atoms with E-state index in [0.29, 0.717) is 11.5 Å². The summed E-state index contributed by atoms with van der Waals surface area (Å²) in [4.78, 5) is 23.9. The largest absolute Gasteiger partial charge is 0.437 e. The molecule has 0 aliphatic carbocycles. The fourth-order valence-electron chi connectivity index (χ4n) is 3.22. The third-order valence-corrected chi connectivity index (χ3v) is 4.59. The fourth-order valence-corrected chi connectivity index (χ4v) is 3.22. The number of carbonyl (C=O) groups is 1. The predicted molar refractivity (Wildman–Crippen MR) is 115 cm³/mol. The molecular formula is C21H19BFN5O2. The van der Waals surface area contributed by atoms with Crippen LogP contribution in [0.5, 0.6) is 0 Å². The van der Waals surface area contributed by atoms with Crippen LogP contribution in [0.2, 0.25) is 6.82 Å². The van der Waals surface area contributed by atoms with E-state index in [9.17, 15) is 14.2 Å². The molecule has 0 fully saturated rings. The van der Waals surface area contributed by atoms with Crippen molar-refractivity contribution < 1.29 is 14.2 Å². The maximum Gasteiger partial charge on any atom is 0.374 e. The van der Waals surface area contributed by atoms with Crippen LogP contribution in [0.15, 0.2) is 60.9 Å². The SMILES string of the molecule is CB(O)NCC(=O)Nc1ccc2c(-c3ccncc3)c(-c3ccc(F)cc3)[nH]c2n1. The molecule has 0 aliphatic heterocycles. The van der Waals surface area contributed by atoms with Crippen LogP contribution in [0.1, 0.15) is 0 Å². The van der Waals surface area contributed by atoms with Crippen molar-refractivity contribution in [1.82, 2.24) is 20.2 Å². The van der Waals surface area contributed by atoms with Crippen LogP contribution in [-0.2, 0) is 4.79 Å². The van der Waals surface area contributed by atoms with E-state index in [2.05, 4.69) is 25.5 Å². The molecule has 4 N–H and O–H groups in total. The molecule has 4 aromatic rings. The summed E-state index contributed by atoms with van der Waals surface area (Å²) in [6, 6.07) is 13.6. The molecule has 0 saturated heterocycles. The fraction of sp³-hybridized carbons (Fsp3) is 0.0952. The molecule has 0 bridgehead atoms. The number of aromatic amines is 1. The summed E-state index contributed by atoms with van der Waals surface area (Å²) < 4.78 is 13.4. The molecule has 150 valence electrons. The number of halogens is 1. The van der Waals surface area contributed by atoms with Gasteiger partial charge in [-0.2, -0.15) is 0 Å². The van der Waals surface area contributed by atoms with Crippen LogP contribution in [0.3, 0.4) is 0 Å². The second-order valence-electron chi connectivity index (χ2n) is 6.82. The van der Waals surface area contributed by atoms with Gasteiger partial charge in [0.1, 0.15) is 17.3 Å². The van der Waals surface area contributed by atoms with Gasteiger partial charge in [0, 0.05) is 23.3 Å². The molecule has 0 radical (unpaired) electrons. The first-order valence-electron chi connectivity index (χ1n) is 9.41. The van der Waals surface area contributed by atoms with Crippen LogP contribution in [0, 0.1) is 5.82 Å². The van der Waals surface area contributed by atoms with Gasteiger partial charge < -0.3 is 20.6 Å². The maximum atomic E-state index is 13.4. The van der Waals surface area contributed by atoms with Gasteiger partial charge in [-0.05, 0) is 66.5 Å². The monoisotopic (exact) mass is 403 g/mol. The number of benzene rings is 1. The highest BCUT2D eigenvalue weighted by Crippen LogP contribution is 2.38. The summed E-state index contributed by atoms with van der Waals surface area (Å²) in [7, 11) is -0.782. The van der Waals surface area contributed by atoms with E-state index in [-0.39, 0.29) is 18.3 Å². The van der Waals surface area contributed by atoms with Gasteiger partial charge >= 0.3 is 7.05 Å². The first-order valence-corrected chi connectivity index (χ1v) is 9.41. The zero-order chi connectivity index (χ0) is 21.1. The number of fused-ring (bicyclic) bond motifs is 1. The number of hydrogen-bond acceptors (Lipinski definition) is 5. The molecule has 30 heavy (non-hydrogen) atoms. The Bertz CT molecular complexity index is 1180. The molecule has 0 aliphatic rings. The molecule has 1 amide bonds. The Kier molecular flexibility index (Phi) is 5.56. The van der Waals surface area contributed by atoms with Gasteiger partial charge in [0.25, 0.3) is 0 Å². The maximum absolute atomic E-state index is 13.4. The van der Waals surface area contributed by atoms with Crippen molar-refractivity contribution in [2.24, 2.45) is 0 Å². The van der Waals surface area contributed by atoms with Crippen molar-refractivity contribution >= 4 is 29.8 Å². The average molecular weight is 403 g/mol. The summed E-state index contributed by atoms with van der Waals surface area (Å²) in [6.07, 6.45) is 3.42. The number of H-pyrrole nitrogens is 1. The quantitative estimate of drug-likeness (QED) is 0.371. The van der Waals surface area contributed by atoms with E-state index in [1.807, 2.05) is 18.2 Å². The molecule has 0 spiro atoms. The van der Waals surface area contributed by atoms with Crippen molar-refractivity contribution in [2.45, 2.75) is 6.82 Å². The lowest BCUT2D eigenvalue weighted by atomic mass is 9.89. The van der Waals surface area contributed by atoms with Crippen LogP contribution < -0.4 is 10.5 Å². The van der Waals surface area contributed by atoms with E-state index in [1.165, 1.54) is 19.0 Å². The van der Waals surface area contributed by atoms with Gasteiger partial charge in [-0.25, -0.2) is 9.37 Å². The van der Waals surface area contributed by atoms with Crippen LogP contribution in [-0.4, -0.2) is 39.5 Å². The number of amides is 1. The molecule has 7 nitrogen and oxygen atoms in total. The number of nitrogens with zero attached hydrogens (tertiary/aromatic N) is 2. The lowest BCUT2D eigenvalue weighted by Gasteiger charge is -2.07. The van der Waals surface area contributed by atoms with E-state index in [1.54, 1.807) is 30.6 Å². The second-order valence-corrected chi connectivity index (χ2v) is 6.82. The first-order chi connectivity index (χ1) is 14.5. The highest BCUT2D eigenvalue weighted by atomic mass is 19.1. The minimum absolute atomic E-state index is 0.0365. The highest BCUT2D eigenvalue weighted by Gasteiger charge is 2.17. The Morgan fingerprint density at radius 3 is 2.53 bits per heavy atom. The summed E-state index contributed by atoms with van der Waals surface area (Å²) in [5.41, 5.74) is 4.05. The lowest BCUT2D eigenvalue weighted by Crippen LogP contribution is -2.37. The topological polar surface area (TPSA) is 103 Å². The zero-order valence-electron chi connectivity index (χ0n) is 16.2. The summed E-state index contributed by atoms with van der Waals surface area (Å²) in [5, 5.41) is 15.4. The molecular weight excluding hydrogens is 384 g/mol. The molecule has 4 rings (SSSR count). The first kappa shape index (κ1) is 19.7. The van der Waals surface area contributed by atoms with Crippen molar-refractivity contribution in [3.8, 4) is 22.4 Å². The number of anilines is 1. The van der Waals surface area contributed by atoms with Gasteiger partial charge in [0.15, 0.2) is 0 Å². The summed E-state index contributed by atoms with van der Waals surface area (Å²) in [6.45, 7) is 1.50. The van der Waals surface area contributed by atoms with Crippen molar-refractivity contribution in [3.63, 3.8) is 0 Å². The van der Waals surface area contributed by atoms with Gasteiger partial charge in [-0.3, -0.25) is 9.78 Å². The normalized spacial score (nSPS) is 10.9. The number of rotatable bonds is 6. The van der Waals surface area contributed by atoms with E-state index in [0.717, 1.165) is 27.8 Å². The van der Waals surface area contributed by atoms with Crippen LogP contribution in [0.4, 0.5) is 10.2 Å². The standard InChI is InChI=1S/C21H19BFN5O2/c1-22(30)25-12-18(29)26-17-7-6-16-19(13-8-10-24-11-9-13)20(28-21(16)27-17)14-2-4-15(23)5-3-14/h2-11,25,30H,12H2,1H3,(H2,26,27,28,29). The third-order valence-electron chi connectivity index (χ3n) is 4.59. The smallest absolute Gasteiger partial charge is 0.374 e. The van der Waals surface area contributed by atoms with E-state index < -0.39 is 7.05 Å². The molecule has 0 saturated carbocycles.